The van der Waals surface area contributed by atoms with Crippen molar-refractivity contribution in [2.75, 3.05) is 0 Å². The summed E-state index contributed by atoms with van der Waals surface area (Å²) in [5.41, 5.74) is 1.06. The summed E-state index contributed by atoms with van der Waals surface area (Å²) in [6.07, 6.45) is 16.2. The van der Waals surface area contributed by atoms with Gasteiger partial charge in [-0.05, 0) is 0 Å². The summed E-state index contributed by atoms with van der Waals surface area (Å²) >= 11 is -5.77. The molecule has 41 heavy (non-hydrogen) atoms. The van der Waals surface area contributed by atoms with E-state index in [1.807, 2.05) is 0 Å². The van der Waals surface area contributed by atoms with Gasteiger partial charge in [0.2, 0.25) is 0 Å². The first-order chi connectivity index (χ1) is 19.8. The Morgan fingerprint density at radius 3 is 0.780 bits per heavy atom. The molecule has 2 aliphatic heterocycles. The van der Waals surface area contributed by atoms with Gasteiger partial charge in [0.05, 0.1) is 0 Å². The first-order valence-corrected chi connectivity index (χ1v) is 20.9. The Bertz CT molecular complexity index is 800. The number of hydrogen-bond acceptors (Lipinski definition) is 8. The molecule has 0 aliphatic carbocycles. The van der Waals surface area contributed by atoms with Crippen LogP contribution in [0.1, 0.15) is 156 Å². The molecule has 0 amide bonds. The SMILES string of the molecule is CCCCCCC1=C(CCCCCC)C(=O)[O][Sn]2([O]C1=O)[O]C(=O)C(CCCCCC)=C(CCCCCC)C(=O)[O]2. The maximum absolute atomic E-state index is 13.5. The predicted molar refractivity (Wildman–Crippen MR) is 159 cm³/mol. The normalized spacial score (nSPS) is 17.3. The molecule has 0 saturated carbocycles. The molecule has 2 heterocycles. The van der Waals surface area contributed by atoms with Gasteiger partial charge in [0.1, 0.15) is 0 Å². The van der Waals surface area contributed by atoms with Crippen LogP contribution >= 0.6 is 0 Å². The molecule has 0 radical (unpaired) electrons. The Morgan fingerprint density at radius 2 is 0.585 bits per heavy atom. The molecule has 9 heteroatoms. The van der Waals surface area contributed by atoms with Gasteiger partial charge in [-0.2, -0.15) is 0 Å². The van der Waals surface area contributed by atoms with Gasteiger partial charge in [-0.15, -0.1) is 0 Å². The van der Waals surface area contributed by atoms with Crippen molar-refractivity contribution in [3.05, 3.63) is 22.3 Å². The molecular weight excluding hydrogens is 631 g/mol. The Labute approximate surface area is 253 Å². The van der Waals surface area contributed by atoms with E-state index in [2.05, 4.69) is 27.7 Å². The van der Waals surface area contributed by atoms with Gasteiger partial charge in [-0.3, -0.25) is 0 Å². The van der Waals surface area contributed by atoms with E-state index in [1.165, 1.54) is 0 Å². The van der Waals surface area contributed by atoms with Gasteiger partial charge in [-0.1, -0.05) is 0 Å². The summed E-state index contributed by atoms with van der Waals surface area (Å²) in [5.74, 6) is -3.04. The van der Waals surface area contributed by atoms with Crippen LogP contribution in [0.4, 0.5) is 0 Å². The monoisotopic (exact) mass is 684 g/mol. The van der Waals surface area contributed by atoms with Gasteiger partial charge in [-0.25, -0.2) is 0 Å². The van der Waals surface area contributed by atoms with E-state index in [1.54, 1.807) is 0 Å². The molecule has 2 rings (SSSR count). The average molecular weight is 683 g/mol. The molecular formula is C32H52O8Sn. The molecule has 0 aromatic carbocycles. The molecule has 0 aromatic heterocycles. The van der Waals surface area contributed by atoms with Crippen molar-refractivity contribution >= 4 is 43.9 Å². The summed E-state index contributed by atoms with van der Waals surface area (Å²) in [7, 11) is 0. The Hall–Kier alpha value is -1.84. The summed E-state index contributed by atoms with van der Waals surface area (Å²) in [6, 6.07) is 0. The second kappa shape index (κ2) is 19.4. The zero-order chi connectivity index (χ0) is 30.1. The molecule has 0 fully saturated rings. The van der Waals surface area contributed by atoms with Crippen LogP contribution in [0.5, 0.6) is 0 Å². The van der Waals surface area contributed by atoms with Crippen LogP contribution < -0.4 is 0 Å². The minimum absolute atomic E-state index is 0.264. The van der Waals surface area contributed by atoms with Crippen molar-refractivity contribution < 1.29 is 31.5 Å². The van der Waals surface area contributed by atoms with Crippen LogP contribution in [0.15, 0.2) is 22.3 Å². The van der Waals surface area contributed by atoms with E-state index in [0.29, 0.717) is 25.7 Å². The van der Waals surface area contributed by atoms with Gasteiger partial charge < -0.3 is 0 Å². The third-order valence-corrected chi connectivity index (χ3v) is 12.7. The number of rotatable bonds is 20. The number of carbonyl (C=O) groups is 4. The van der Waals surface area contributed by atoms with E-state index in [-0.39, 0.29) is 22.3 Å². The van der Waals surface area contributed by atoms with Crippen LogP contribution in [-0.2, 0) is 31.5 Å². The van der Waals surface area contributed by atoms with Crippen LogP contribution in [-0.4, -0.2) is 43.9 Å². The third-order valence-electron chi connectivity index (χ3n) is 7.71. The molecule has 0 N–H and O–H groups in total. The average Bonchev–Trinajstić information content (AvgIpc) is 3.09. The Morgan fingerprint density at radius 1 is 0.366 bits per heavy atom. The molecule has 0 bridgehead atoms. The zero-order valence-corrected chi connectivity index (χ0v) is 28.8. The molecule has 0 atom stereocenters. The summed E-state index contributed by atoms with van der Waals surface area (Å²) in [4.78, 5) is 54.1. The molecule has 232 valence electrons. The number of hydrogen-bond donors (Lipinski definition) is 0. The molecule has 0 unspecified atom stereocenters. The first kappa shape index (κ1) is 35.4. The predicted octanol–water partition coefficient (Wildman–Crippen LogP) is 8.10. The van der Waals surface area contributed by atoms with Crippen molar-refractivity contribution in [1.82, 2.24) is 0 Å². The van der Waals surface area contributed by atoms with Crippen LogP contribution in [0.3, 0.4) is 0 Å². The van der Waals surface area contributed by atoms with E-state index in [4.69, 9.17) is 12.3 Å². The van der Waals surface area contributed by atoms with E-state index < -0.39 is 43.9 Å². The molecule has 0 aromatic rings. The molecule has 0 saturated heterocycles. The minimum atomic E-state index is -5.77. The van der Waals surface area contributed by atoms with Crippen molar-refractivity contribution in [2.45, 2.75) is 156 Å². The van der Waals surface area contributed by atoms with Crippen LogP contribution in [0.25, 0.3) is 0 Å². The van der Waals surface area contributed by atoms with Gasteiger partial charge >= 0.3 is 254 Å². The second-order valence-corrected chi connectivity index (χ2v) is 16.4. The topological polar surface area (TPSA) is 105 Å². The van der Waals surface area contributed by atoms with Crippen molar-refractivity contribution in [3.8, 4) is 0 Å². The third kappa shape index (κ3) is 11.4. The molecule has 1 spiro atoms. The fourth-order valence-electron chi connectivity index (χ4n) is 5.24. The quantitative estimate of drug-likeness (QED) is 0.0937. The van der Waals surface area contributed by atoms with Crippen LogP contribution in [0.2, 0.25) is 0 Å². The molecule has 2 aliphatic rings. The first-order valence-electron chi connectivity index (χ1n) is 16.2. The second-order valence-electron chi connectivity index (χ2n) is 11.2. The zero-order valence-electron chi connectivity index (χ0n) is 25.9. The summed E-state index contributed by atoms with van der Waals surface area (Å²) in [6.45, 7) is 8.42. The standard InChI is InChI=1S/2C16H28O4.Sn/c2*1-3-5-7-9-11-13(15(17)18)14(16(19)20)12-10-8-6-4-2;/h2*3-12H2,1-2H3,(H,17,18)(H,19,20);/q;;+4/p-4. The molecule has 8 nitrogen and oxygen atoms in total. The van der Waals surface area contributed by atoms with E-state index >= 15 is 0 Å². The summed E-state index contributed by atoms with van der Waals surface area (Å²) < 4.78 is 22.8. The fraction of sp³-hybridized carbons (Fsp3) is 0.750. The van der Waals surface area contributed by atoms with Crippen molar-refractivity contribution in [2.24, 2.45) is 0 Å². The van der Waals surface area contributed by atoms with Gasteiger partial charge in [0.25, 0.3) is 0 Å². The van der Waals surface area contributed by atoms with Gasteiger partial charge in [0.15, 0.2) is 0 Å². The number of carbonyl (C=O) groups excluding carboxylic acids is 4. The number of unbranched alkanes of at least 4 members (excludes halogenated alkanes) is 12. The summed E-state index contributed by atoms with van der Waals surface area (Å²) in [5, 5.41) is 0. The van der Waals surface area contributed by atoms with Crippen molar-refractivity contribution in [3.63, 3.8) is 0 Å². The Balaban J connectivity index is 2.34. The van der Waals surface area contributed by atoms with Crippen molar-refractivity contribution in [1.29, 1.82) is 0 Å². The van der Waals surface area contributed by atoms with E-state index in [9.17, 15) is 19.2 Å². The van der Waals surface area contributed by atoms with E-state index in [0.717, 1.165) is 103 Å². The van der Waals surface area contributed by atoms with Gasteiger partial charge in [0, 0.05) is 0 Å². The fourth-order valence-corrected chi connectivity index (χ4v) is 9.96. The maximum atomic E-state index is 13.5. The Kier molecular flexibility index (Phi) is 16.7. The van der Waals surface area contributed by atoms with Crippen LogP contribution in [0, 0.1) is 0 Å².